The zero-order valence-corrected chi connectivity index (χ0v) is 29.9. The van der Waals surface area contributed by atoms with Gasteiger partial charge in [0.15, 0.2) is 0 Å². The number of ether oxygens (including phenoxy) is 2. The summed E-state index contributed by atoms with van der Waals surface area (Å²) < 4.78 is 69.5. The third-order valence-corrected chi connectivity index (χ3v) is 12.8. The van der Waals surface area contributed by atoms with E-state index in [0.29, 0.717) is 18.8 Å². The third kappa shape index (κ3) is 9.33. The zero-order valence-electron chi connectivity index (χ0n) is 27.5. The van der Waals surface area contributed by atoms with Gasteiger partial charge in [-0.05, 0) is 81.8 Å². The number of benzene rings is 2. The molecule has 1 aromatic heterocycles. The molecule has 4 rings (SSSR count). The first-order valence-corrected chi connectivity index (χ1v) is 19.5. The van der Waals surface area contributed by atoms with Crippen LogP contribution in [0.1, 0.15) is 56.0 Å². The number of fused-ring (bicyclic) bond motifs is 1. The van der Waals surface area contributed by atoms with Gasteiger partial charge in [0.25, 0.3) is 26.0 Å². The maximum Gasteiger partial charge on any atom is 0.261 e. The summed E-state index contributed by atoms with van der Waals surface area (Å²) in [6, 6.07) is 13.7. The van der Waals surface area contributed by atoms with Gasteiger partial charge < -0.3 is 19.5 Å². The monoisotopic (exact) mass is 707 g/mol. The van der Waals surface area contributed by atoms with Gasteiger partial charge in [0.2, 0.25) is 0 Å². The fraction of sp³-hybridized carbons (Fsp3) is 0.485. The topological polar surface area (TPSA) is 143 Å². The van der Waals surface area contributed by atoms with Crippen LogP contribution in [-0.2, 0) is 24.8 Å². The van der Waals surface area contributed by atoms with Crippen molar-refractivity contribution >= 4 is 43.0 Å². The highest BCUT2D eigenvalue weighted by molar-refractivity contribution is 7.92. The van der Waals surface area contributed by atoms with E-state index in [4.69, 9.17) is 9.47 Å². The lowest BCUT2D eigenvalue weighted by molar-refractivity contribution is -0.00832. The molecule has 11 nitrogen and oxygen atoms in total. The molecular formula is C33H45N3O8S3. The van der Waals surface area contributed by atoms with Crippen LogP contribution < -0.4 is 9.46 Å². The van der Waals surface area contributed by atoms with E-state index in [9.17, 15) is 26.7 Å². The van der Waals surface area contributed by atoms with Crippen molar-refractivity contribution in [3.8, 4) is 5.75 Å². The minimum Gasteiger partial charge on any atom is -0.490 e. The molecule has 0 saturated carbocycles. The van der Waals surface area contributed by atoms with Gasteiger partial charge in [-0.15, -0.1) is 11.3 Å². The number of rotatable bonds is 9. The highest BCUT2D eigenvalue weighted by atomic mass is 32.2. The van der Waals surface area contributed by atoms with Crippen molar-refractivity contribution in [2.45, 2.75) is 74.3 Å². The molecule has 0 aliphatic carbocycles. The van der Waals surface area contributed by atoms with Crippen LogP contribution in [0.25, 0.3) is 0 Å². The Morgan fingerprint density at radius 3 is 2.47 bits per heavy atom. The average molecular weight is 708 g/mol. The summed E-state index contributed by atoms with van der Waals surface area (Å²) in [5, 5.41) is 11.9. The molecule has 47 heavy (non-hydrogen) atoms. The highest BCUT2D eigenvalue weighted by Gasteiger charge is 2.33. The molecule has 14 heteroatoms. The van der Waals surface area contributed by atoms with E-state index in [1.165, 1.54) is 34.5 Å². The Balaban J connectivity index is 1.68. The second-order valence-electron chi connectivity index (χ2n) is 12.1. The normalized spacial score (nSPS) is 21.0. The van der Waals surface area contributed by atoms with E-state index in [0.717, 1.165) is 29.7 Å². The minimum atomic E-state index is -3.95. The molecule has 0 radical (unpaired) electrons. The molecule has 1 amide bonds. The SMILES string of the molecule is Cc1ccc(S(=O)(=O)Nc2ccc3c(c2)C(=O)N([C@H](C)CO)C[C@@H](C)[C@H](CN(C)S(=O)(=O)c2cccs2)OCCCC[C@@H](C)O3)cc1. The molecule has 0 saturated heterocycles. The van der Waals surface area contributed by atoms with Crippen LogP contribution in [0, 0.1) is 12.8 Å². The first-order chi connectivity index (χ1) is 22.2. The van der Waals surface area contributed by atoms with Crippen molar-refractivity contribution in [1.82, 2.24) is 9.21 Å². The second kappa shape index (κ2) is 15.9. The van der Waals surface area contributed by atoms with Gasteiger partial charge >= 0.3 is 0 Å². The number of amides is 1. The second-order valence-corrected chi connectivity index (χ2v) is 17.0. The largest absolute Gasteiger partial charge is 0.490 e. The molecule has 1 aliphatic rings. The molecule has 4 atom stereocenters. The van der Waals surface area contributed by atoms with E-state index in [1.54, 1.807) is 48.7 Å². The van der Waals surface area contributed by atoms with Crippen molar-refractivity contribution < 1.29 is 36.2 Å². The molecule has 2 heterocycles. The number of thiophene rings is 1. The van der Waals surface area contributed by atoms with Crippen LogP contribution in [0.5, 0.6) is 5.75 Å². The number of likely N-dealkylation sites (N-methyl/N-ethyl adjacent to an activating group) is 1. The van der Waals surface area contributed by atoms with Crippen molar-refractivity contribution in [3.05, 3.63) is 71.1 Å². The van der Waals surface area contributed by atoms with Crippen molar-refractivity contribution in [2.75, 3.05) is 38.1 Å². The lowest BCUT2D eigenvalue weighted by Gasteiger charge is -2.35. The van der Waals surface area contributed by atoms with Crippen molar-refractivity contribution in [3.63, 3.8) is 0 Å². The number of aliphatic hydroxyl groups is 1. The number of aliphatic hydroxyl groups excluding tert-OH is 1. The molecule has 1 aliphatic heterocycles. The van der Waals surface area contributed by atoms with Crippen LogP contribution in [0.4, 0.5) is 5.69 Å². The predicted octanol–water partition coefficient (Wildman–Crippen LogP) is 4.97. The van der Waals surface area contributed by atoms with Gasteiger partial charge in [-0.2, -0.15) is 4.31 Å². The number of anilines is 1. The summed E-state index contributed by atoms with van der Waals surface area (Å²) in [6.07, 6.45) is 1.35. The Bertz CT molecular complexity index is 1700. The molecule has 0 bridgehead atoms. The van der Waals surface area contributed by atoms with Crippen LogP contribution in [0.3, 0.4) is 0 Å². The predicted molar refractivity (Wildman–Crippen MR) is 183 cm³/mol. The molecule has 0 fully saturated rings. The Kier molecular flexibility index (Phi) is 12.5. The quantitative estimate of drug-likeness (QED) is 0.318. The number of nitrogens with one attached hydrogen (secondary N) is 1. The molecule has 2 aromatic carbocycles. The molecule has 3 aromatic rings. The minimum absolute atomic E-state index is 0.0674. The summed E-state index contributed by atoms with van der Waals surface area (Å²) in [6.45, 7) is 7.64. The summed E-state index contributed by atoms with van der Waals surface area (Å²) in [5.74, 6) is -0.508. The van der Waals surface area contributed by atoms with Crippen LogP contribution in [0.15, 0.2) is 69.1 Å². The number of nitrogens with zero attached hydrogens (tertiary/aromatic N) is 2. The Morgan fingerprint density at radius 2 is 1.81 bits per heavy atom. The Hall–Kier alpha value is -3.01. The zero-order chi connectivity index (χ0) is 34.4. The number of hydrogen-bond acceptors (Lipinski definition) is 9. The standard InChI is InChI=1S/C33H45N3O8S3/c1-23-11-14-28(15-12-23)46(39,40)34-27-13-16-30-29(19-27)33(38)36(25(3)22-37)20-24(2)31(43-17-7-6-9-26(4)44-30)21-35(5)47(41,42)32-10-8-18-45-32/h8,10-16,18-19,24-26,31,34,37H,6-7,9,17,20-22H2,1-5H3/t24-,25-,26-,31+/m1/s1. The Labute approximate surface area is 282 Å². The van der Waals surface area contributed by atoms with E-state index >= 15 is 0 Å². The summed E-state index contributed by atoms with van der Waals surface area (Å²) in [4.78, 5) is 15.9. The fourth-order valence-corrected chi connectivity index (χ4v) is 8.73. The van der Waals surface area contributed by atoms with Gasteiger partial charge in [-0.3, -0.25) is 9.52 Å². The highest BCUT2D eigenvalue weighted by Crippen LogP contribution is 2.30. The molecular weight excluding hydrogens is 663 g/mol. The van der Waals surface area contributed by atoms with E-state index in [-0.39, 0.29) is 52.1 Å². The van der Waals surface area contributed by atoms with Crippen LogP contribution in [0.2, 0.25) is 0 Å². The molecule has 2 N–H and O–H groups in total. The average Bonchev–Trinajstić information content (AvgIpc) is 3.59. The lowest BCUT2D eigenvalue weighted by atomic mass is 10.0. The van der Waals surface area contributed by atoms with Gasteiger partial charge in [0.05, 0.1) is 35.3 Å². The molecule has 0 unspecified atom stereocenters. The maximum absolute atomic E-state index is 14.3. The smallest absolute Gasteiger partial charge is 0.261 e. The van der Waals surface area contributed by atoms with Gasteiger partial charge in [0.1, 0.15) is 9.96 Å². The van der Waals surface area contributed by atoms with Gasteiger partial charge in [-0.1, -0.05) is 30.7 Å². The Morgan fingerprint density at radius 1 is 1.09 bits per heavy atom. The third-order valence-electron chi connectivity index (χ3n) is 8.23. The first kappa shape index (κ1) is 36.8. The summed E-state index contributed by atoms with van der Waals surface area (Å²) in [5.41, 5.74) is 1.24. The fourth-order valence-electron chi connectivity index (χ4n) is 5.30. The number of carbonyl (C=O) groups is 1. The van der Waals surface area contributed by atoms with Crippen LogP contribution in [-0.4, -0.2) is 88.7 Å². The van der Waals surface area contributed by atoms with E-state index in [2.05, 4.69) is 4.72 Å². The lowest BCUT2D eigenvalue weighted by Crippen LogP contribution is -2.48. The first-order valence-electron chi connectivity index (χ1n) is 15.7. The number of hydrogen-bond donors (Lipinski definition) is 2. The molecule has 258 valence electrons. The van der Waals surface area contributed by atoms with E-state index in [1.807, 2.05) is 20.8 Å². The summed E-state index contributed by atoms with van der Waals surface area (Å²) >= 11 is 1.14. The maximum atomic E-state index is 14.3. The number of sulfonamides is 2. The number of aryl methyl sites for hydroxylation is 1. The van der Waals surface area contributed by atoms with Crippen molar-refractivity contribution in [1.29, 1.82) is 0 Å². The van der Waals surface area contributed by atoms with E-state index < -0.39 is 38.1 Å². The van der Waals surface area contributed by atoms with Gasteiger partial charge in [-0.25, -0.2) is 16.8 Å². The van der Waals surface area contributed by atoms with Crippen molar-refractivity contribution in [2.24, 2.45) is 5.92 Å². The molecule has 0 spiro atoms. The van der Waals surface area contributed by atoms with Crippen LogP contribution >= 0.6 is 11.3 Å². The summed E-state index contributed by atoms with van der Waals surface area (Å²) in [7, 11) is -6.17. The number of carbonyl (C=O) groups excluding carboxylic acids is 1. The van der Waals surface area contributed by atoms with Gasteiger partial charge in [0, 0.05) is 38.3 Å².